The number of halogens is 2. The van der Waals surface area contributed by atoms with Crippen molar-refractivity contribution < 1.29 is 4.39 Å². The second kappa shape index (κ2) is 7.39. The number of rotatable bonds is 3. The molecule has 0 saturated carbocycles. The average molecular weight is 304 g/mol. The third kappa shape index (κ3) is 4.16. The second-order valence-corrected chi connectivity index (χ2v) is 5.22. The van der Waals surface area contributed by atoms with E-state index < -0.39 is 0 Å². The predicted molar refractivity (Wildman–Crippen MR) is 88.0 cm³/mol. The van der Waals surface area contributed by atoms with Gasteiger partial charge in [0.2, 0.25) is 0 Å². The molecule has 0 N–H and O–H groups in total. The van der Waals surface area contributed by atoms with Gasteiger partial charge in [0.25, 0.3) is 0 Å². The van der Waals surface area contributed by atoms with E-state index in [0.29, 0.717) is 0 Å². The van der Waals surface area contributed by atoms with E-state index in [-0.39, 0.29) is 18.2 Å². The molecule has 0 radical (unpaired) electrons. The number of benzene rings is 2. The molecule has 2 aromatic rings. The maximum absolute atomic E-state index is 13.3. The van der Waals surface area contributed by atoms with Crippen molar-refractivity contribution >= 4 is 18.0 Å². The normalized spacial score (nSPS) is 15.2. The largest absolute Gasteiger partial charge is 0.295 e. The van der Waals surface area contributed by atoms with Crippen molar-refractivity contribution in [2.24, 2.45) is 0 Å². The van der Waals surface area contributed by atoms with Gasteiger partial charge in [-0.05, 0) is 35.3 Å². The van der Waals surface area contributed by atoms with Crippen LogP contribution >= 0.6 is 12.4 Å². The molecule has 110 valence electrons. The van der Waals surface area contributed by atoms with Crippen LogP contribution in [0.1, 0.15) is 17.5 Å². The Balaban J connectivity index is 0.00000161. The van der Waals surface area contributed by atoms with Crippen LogP contribution in [0.25, 0.3) is 5.57 Å². The summed E-state index contributed by atoms with van der Waals surface area (Å²) in [7, 11) is 0. The summed E-state index contributed by atoms with van der Waals surface area (Å²) >= 11 is 0. The van der Waals surface area contributed by atoms with E-state index in [9.17, 15) is 4.39 Å². The highest BCUT2D eigenvalue weighted by Crippen LogP contribution is 2.22. The number of hydrogen-bond donors (Lipinski definition) is 0. The Hall–Kier alpha value is -1.64. The Labute approximate surface area is 131 Å². The lowest BCUT2D eigenvalue weighted by Gasteiger charge is -2.27. The minimum absolute atomic E-state index is 0. The summed E-state index contributed by atoms with van der Waals surface area (Å²) < 4.78 is 13.3. The van der Waals surface area contributed by atoms with Crippen molar-refractivity contribution in [3.63, 3.8) is 0 Å². The Morgan fingerprint density at radius 1 is 1.00 bits per heavy atom. The molecule has 0 atom stereocenters. The molecule has 0 bridgehead atoms. The maximum atomic E-state index is 13.3. The molecule has 21 heavy (non-hydrogen) atoms. The molecule has 1 heterocycles. The Kier molecular flexibility index (Phi) is 5.54. The molecule has 1 nitrogen and oxygen atoms in total. The van der Waals surface area contributed by atoms with Crippen LogP contribution in [0.15, 0.2) is 60.7 Å². The van der Waals surface area contributed by atoms with Crippen molar-refractivity contribution in [2.75, 3.05) is 13.1 Å². The first-order valence-electron chi connectivity index (χ1n) is 7.02. The molecule has 0 saturated heterocycles. The summed E-state index contributed by atoms with van der Waals surface area (Å²) in [5.41, 5.74) is 3.56. The van der Waals surface area contributed by atoms with Gasteiger partial charge in [0.05, 0.1) is 0 Å². The Bertz CT molecular complexity index is 610. The van der Waals surface area contributed by atoms with Gasteiger partial charge in [0.1, 0.15) is 5.82 Å². The highest BCUT2D eigenvalue weighted by Gasteiger charge is 2.14. The molecule has 3 heteroatoms. The van der Waals surface area contributed by atoms with Gasteiger partial charge in [-0.25, -0.2) is 4.39 Å². The lowest BCUT2D eigenvalue weighted by atomic mass is 10.0. The highest BCUT2D eigenvalue weighted by atomic mass is 35.5. The van der Waals surface area contributed by atoms with Crippen molar-refractivity contribution in [1.29, 1.82) is 0 Å². The summed E-state index contributed by atoms with van der Waals surface area (Å²) in [5, 5.41) is 0. The molecule has 1 aliphatic heterocycles. The first-order valence-corrected chi connectivity index (χ1v) is 7.02. The summed E-state index contributed by atoms with van der Waals surface area (Å²) in [5.74, 6) is -0.163. The van der Waals surface area contributed by atoms with E-state index in [0.717, 1.165) is 31.6 Å². The lowest BCUT2D eigenvalue weighted by Crippen LogP contribution is -2.29. The predicted octanol–water partition coefficient (Wildman–Crippen LogP) is 4.54. The monoisotopic (exact) mass is 303 g/mol. The van der Waals surface area contributed by atoms with Gasteiger partial charge in [-0.3, -0.25) is 4.90 Å². The molecular formula is C18H19ClFN. The van der Waals surface area contributed by atoms with E-state index in [4.69, 9.17) is 0 Å². The zero-order chi connectivity index (χ0) is 13.8. The van der Waals surface area contributed by atoms with E-state index in [1.165, 1.54) is 17.2 Å². The first kappa shape index (κ1) is 15.7. The summed E-state index contributed by atoms with van der Waals surface area (Å²) in [4.78, 5) is 2.41. The molecule has 0 amide bonds. The van der Waals surface area contributed by atoms with E-state index >= 15 is 0 Å². The van der Waals surface area contributed by atoms with Crippen LogP contribution in [0.5, 0.6) is 0 Å². The van der Waals surface area contributed by atoms with Crippen LogP contribution in [-0.2, 0) is 6.54 Å². The standard InChI is InChI=1S/C18H18FN.ClH/c19-18-10-4-8-16(12-18)17-9-5-11-20(14-17)13-15-6-2-1-3-7-15;/h1-4,6-10,12H,5,11,13-14H2;1H. The zero-order valence-corrected chi connectivity index (χ0v) is 12.7. The zero-order valence-electron chi connectivity index (χ0n) is 11.8. The van der Waals surface area contributed by atoms with E-state index in [2.05, 4.69) is 35.2 Å². The summed E-state index contributed by atoms with van der Waals surface area (Å²) in [6.45, 7) is 2.90. The van der Waals surface area contributed by atoms with E-state index in [1.807, 2.05) is 12.1 Å². The summed E-state index contributed by atoms with van der Waals surface area (Å²) in [6.07, 6.45) is 3.26. The van der Waals surface area contributed by atoms with Crippen molar-refractivity contribution in [3.8, 4) is 0 Å². The van der Waals surface area contributed by atoms with Crippen LogP contribution in [0.3, 0.4) is 0 Å². The third-order valence-electron chi connectivity index (χ3n) is 3.67. The fourth-order valence-corrected chi connectivity index (χ4v) is 2.68. The lowest BCUT2D eigenvalue weighted by molar-refractivity contribution is 0.296. The fraction of sp³-hybridized carbons (Fsp3) is 0.222. The summed E-state index contributed by atoms with van der Waals surface area (Å²) in [6, 6.07) is 17.4. The highest BCUT2D eigenvalue weighted by molar-refractivity contribution is 5.85. The van der Waals surface area contributed by atoms with Crippen molar-refractivity contribution in [1.82, 2.24) is 4.90 Å². The number of hydrogen-bond acceptors (Lipinski definition) is 1. The van der Waals surface area contributed by atoms with Crippen molar-refractivity contribution in [2.45, 2.75) is 13.0 Å². The van der Waals surface area contributed by atoms with Crippen LogP contribution in [0, 0.1) is 5.82 Å². The quantitative estimate of drug-likeness (QED) is 0.805. The minimum atomic E-state index is -0.163. The molecule has 0 spiro atoms. The van der Waals surface area contributed by atoms with Gasteiger partial charge in [0, 0.05) is 19.6 Å². The Morgan fingerprint density at radius 3 is 2.57 bits per heavy atom. The van der Waals surface area contributed by atoms with Crippen molar-refractivity contribution in [3.05, 3.63) is 77.6 Å². The smallest absolute Gasteiger partial charge is 0.123 e. The Morgan fingerprint density at radius 2 is 1.81 bits per heavy atom. The molecule has 0 aliphatic carbocycles. The first-order chi connectivity index (χ1) is 9.81. The van der Waals surface area contributed by atoms with Crippen LogP contribution in [-0.4, -0.2) is 18.0 Å². The molecule has 0 unspecified atom stereocenters. The van der Waals surface area contributed by atoms with Gasteiger partial charge >= 0.3 is 0 Å². The molecule has 0 fully saturated rings. The topological polar surface area (TPSA) is 3.24 Å². The molecule has 1 aliphatic rings. The molecular weight excluding hydrogens is 285 g/mol. The van der Waals surface area contributed by atoms with Gasteiger partial charge in [0.15, 0.2) is 0 Å². The molecule has 0 aromatic heterocycles. The maximum Gasteiger partial charge on any atom is 0.123 e. The fourth-order valence-electron chi connectivity index (χ4n) is 2.68. The second-order valence-electron chi connectivity index (χ2n) is 5.22. The van der Waals surface area contributed by atoms with Gasteiger partial charge in [-0.15, -0.1) is 12.4 Å². The molecule has 2 aromatic carbocycles. The molecule has 3 rings (SSSR count). The minimum Gasteiger partial charge on any atom is -0.295 e. The third-order valence-corrected chi connectivity index (χ3v) is 3.67. The van der Waals surface area contributed by atoms with Gasteiger partial charge in [-0.2, -0.15) is 0 Å². The van der Waals surface area contributed by atoms with Gasteiger partial charge < -0.3 is 0 Å². The van der Waals surface area contributed by atoms with Crippen LogP contribution < -0.4 is 0 Å². The van der Waals surface area contributed by atoms with Gasteiger partial charge in [-0.1, -0.05) is 48.5 Å². The van der Waals surface area contributed by atoms with Crippen LogP contribution in [0.4, 0.5) is 4.39 Å². The SMILES string of the molecule is Cl.Fc1cccc(C2=CCCN(Cc3ccccc3)C2)c1. The van der Waals surface area contributed by atoms with Crippen LogP contribution in [0.2, 0.25) is 0 Å². The van der Waals surface area contributed by atoms with E-state index in [1.54, 1.807) is 12.1 Å². The average Bonchev–Trinajstić information content (AvgIpc) is 2.49. The number of nitrogens with zero attached hydrogens (tertiary/aromatic N) is 1.